The minimum absolute atomic E-state index is 0.0579. The summed E-state index contributed by atoms with van der Waals surface area (Å²) in [5.41, 5.74) is 1.79. The zero-order valence-corrected chi connectivity index (χ0v) is 13.5. The first kappa shape index (κ1) is 16.7. The Morgan fingerprint density at radius 1 is 1.30 bits per heavy atom. The molecule has 1 N–H and O–H groups in total. The Balaban J connectivity index is 2.60. The maximum absolute atomic E-state index is 12.5. The van der Waals surface area contributed by atoms with Gasteiger partial charge in [0.15, 0.2) is 0 Å². The van der Waals surface area contributed by atoms with Crippen molar-refractivity contribution in [3.05, 3.63) is 62.9 Å². The molecule has 7 heteroatoms. The second-order valence-corrected chi connectivity index (χ2v) is 5.60. The smallest absolute Gasteiger partial charge is 0.337 e. The Morgan fingerprint density at radius 2 is 1.91 bits per heavy atom. The average Bonchev–Trinajstić information content (AvgIpc) is 2.45. The van der Waals surface area contributed by atoms with Crippen LogP contribution >= 0.6 is 0 Å². The van der Waals surface area contributed by atoms with Gasteiger partial charge in [-0.1, -0.05) is 0 Å². The lowest BCUT2D eigenvalue weighted by Crippen LogP contribution is -2.32. The highest BCUT2D eigenvalue weighted by Crippen LogP contribution is 2.38. The number of nitrogens with one attached hydrogen (secondary N) is 1. The van der Waals surface area contributed by atoms with E-state index in [-0.39, 0.29) is 17.4 Å². The number of aromatic nitrogens is 1. The minimum atomic E-state index is -0.791. The molecule has 0 aliphatic carbocycles. The Labute approximate surface area is 134 Å². The molecular formula is C16H19N3O4. The minimum Gasteiger partial charge on any atom is -0.460 e. The summed E-state index contributed by atoms with van der Waals surface area (Å²) < 4.78 is 5.28. The fraction of sp³-hybridized carbons (Fsp3) is 0.375. The van der Waals surface area contributed by atoms with Crippen LogP contribution in [0.3, 0.4) is 0 Å². The quantitative estimate of drug-likeness (QED) is 0.521. The lowest BCUT2D eigenvalue weighted by atomic mass is 9.84. The number of carbonyl (C=O) groups is 1. The number of dihydropyridines is 1. The molecule has 0 radical (unpaired) electrons. The molecule has 0 saturated heterocycles. The monoisotopic (exact) mass is 317 g/mol. The van der Waals surface area contributed by atoms with Crippen LogP contribution in [-0.4, -0.2) is 22.0 Å². The molecule has 0 saturated carbocycles. The van der Waals surface area contributed by atoms with Gasteiger partial charge >= 0.3 is 5.97 Å². The van der Waals surface area contributed by atoms with E-state index in [1.165, 1.54) is 0 Å². The molecule has 0 aromatic carbocycles. The van der Waals surface area contributed by atoms with E-state index in [1.54, 1.807) is 52.2 Å². The normalized spacial score (nSPS) is 18.0. The first-order valence-corrected chi connectivity index (χ1v) is 7.26. The van der Waals surface area contributed by atoms with Crippen molar-refractivity contribution in [2.75, 3.05) is 0 Å². The molecule has 1 aliphatic heterocycles. The molecule has 2 rings (SSSR count). The van der Waals surface area contributed by atoms with Crippen molar-refractivity contribution >= 4 is 5.97 Å². The van der Waals surface area contributed by atoms with Crippen molar-refractivity contribution in [1.29, 1.82) is 0 Å². The van der Waals surface area contributed by atoms with Crippen molar-refractivity contribution in [1.82, 2.24) is 10.3 Å². The van der Waals surface area contributed by atoms with E-state index in [2.05, 4.69) is 10.3 Å². The predicted octanol–water partition coefficient (Wildman–Crippen LogP) is 2.50. The van der Waals surface area contributed by atoms with Crippen LogP contribution < -0.4 is 5.32 Å². The van der Waals surface area contributed by atoms with E-state index in [0.29, 0.717) is 17.0 Å². The third-order valence-corrected chi connectivity index (χ3v) is 3.52. The number of esters is 1. The van der Waals surface area contributed by atoms with Crippen LogP contribution in [0.4, 0.5) is 0 Å². The number of rotatable bonds is 4. The number of hydrogen-bond acceptors (Lipinski definition) is 6. The molecule has 0 bridgehead atoms. The standard InChI is InChI=1S/C16H19N3O4/c1-9(2)23-16(20)13-10(3)18-11(4)15(19(21)22)14(13)12-5-7-17-8-6-12/h5-9,14,18H,1-4H3/t14-/m1/s1. The molecule has 0 amide bonds. The lowest BCUT2D eigenvalue weighted by Gasteiger charge is -2.26. The predicted molar refractivity (Wildman–Crippen MR) is 83.7 cm³/mol. The number of hydrogen-bond donors (Lipinski definition) is 1. The summed E-state index contributed by atoms with van der Waals surface area (Å²) in [6.45, 7) is 6.81. The van der Waals surface area contributed by atoms with E-state index in [0.717, 1.165) is 0 Å². The van der Waals surface area contributed by atoms with Gasteiger partial charge in [0.05, 0.1) is 22.3 Å². The highest BCUT2D eigenvalue weighted by Gasteiger charge is 2.40. The first-order valence-electron chi connectivity index (χ1n) is 7.26. The molecule has 7 nitrogen and oxygen atoms in total. The maximum Gasteiger partial charge on any atom is 0.337 e. The van der Waals surface area contributed by atoms with Crippen molar-refractivity contribution in [3.63, 3.8) is 0 Å². The number of pyridine rings is 1. The van der Waals surface area contributed by atoms with Gasteiger partial charge in [-0.25, -0.2) is 4.79 Å². The van der Waals surface area contributed by atoms with Crippen LogP contribution in [0.5, 0.6) is 0 Å². The van der Waals surface area contributed by atoms with Gasteiger partial charge in [-0.15, -0.1) is 0 Å². The van der Waals surface area contributed by atoms with Gasteiger partial charge in [0.25, 0.3) is 5.70 Å². The number of ether oxygens (including phenoxy) is 1. The number of nitro groups is 1. The first-order chi connectivity index (χ1) is 10.8. The van der Waals surface area contributed by atoms with Gasteiger partial charge in [0, 0.05) is 18.1 Å². The Hall–Kier alpha value is -2.70. The van der Waals surface area contributed by atoms with Crippen molar-refractivity contribution in [3.8, 4) is 0 Å². The van der Waals surface area contributed by atoms with Crippen molar-refractivity contribution < 1.29 is 14.5 Å². The summed E-state index contributed by atoms with van der Waals surface area (Å²) in [5.74, 6) is -1.35. The summed E-state index contributed by atoms with van der Waals surface area (Å²) in [5, 5.41) is 14.5. The highest BCUT2D eigenvalue weighted by atomic mass is 16.6. The summed E-state index contributed by atoms with van der Waals surface area (Å²) in [6, 6.07) is 3.34. The SMILES string of the molecule is CC1=C(C(=O)OC(C)C)[C@@H](c2ccncc2)C([N+](=O)[O-])=C(C)N1. The van der Waals surface area contributed by atoms with Crippen LogP contribution in [0.1, 0.15) is 39.2 Å². The van der Waals surface area contributed by atoms with Crippen LogP contribution in [0, 0.1) is 10.1 Å². The highest BCUT2D eigenvalue weighted by molar-refractivity contribution is 5.92. The molecule has 1 aliphatic rings. The number of carbonyl (C=O) groups excluding carboxylic acids is 1. The van der Waals surface area contributed by atoms with Gasteiger partial charge in [-0.05, 0) is 45.4 Å². The van der Waals surface area contributed by atoms with Crippen LogP contribution in [0.25, 0.3) is 0 Å². The number of allylic oxidation sites excluding steroid dienone is 3. The van der Waals surface area contributed by atoms with Crippen molar-refractivity contribution in [2.24, 2.45) is 0 Å². The molecular weight excluding hydrogens is 298 g/mol. The maximum atomic E-state index is 12.5. The molecule has 23 heavy (non-hydrogen) atoms. The molecule has 1 aromatic heterocycles. The van der Waals surface area contributed by atoms with E-state index in [9.17, 15) is 14.9 Å². The topological polar surface area (TPSA) is 94.4 Å². The van der Waals surface area contributed by atoms with Crippen molar-refractivity contribution in [2.45, 2.75) is 39.7 Å². The molecule has 2 heterocycles. The fourth-order valence-corrected chi connectivity index (χ4v) is 2.65. The van der Waals surface area contributed by atoms with Gasteiger partial charge < -0.3 is 10.1 Å². The largest absolute Gasteiger partial charge is 0.460 e. The lowest BCUT2D eigenvalue weighted by molar-refractivity contribution is -0.431. The van der Waals surface area contributed by atoms with Gasteiger partial charge in [0.2, 0.25) is 0 Å². The summed E-state index contributed by atoms with van der Waals surface area (Å²) in [7, 11) is 0. The van der Waals surface area contributed by atoms with E-state index >= 15 is 0 Å². The second-order valence-electron chi connectivity index (χ2n) is 5.60. The van der Waals surface area contributed by atoms with E-state index in [1.807, 2.05) is 0 Å². The van der Waals surface area contributed by atoms with Crippen LogP contribution in [-0.2, 0) is 9.53 Å². The molecule has 1 atom stereocenters. The average molecular weight is 317 g/mol. The zero-order chi connectivity index (χ0) is 17.1. The summed E-state index contributed by atoms with van der Waals surface area (Å²) >= 11 is 0. The molecule has 122 valence electrons. The third kappa shape index (κ3) is 3.39. The second kappa shape index (κ2) is 6.60. The van der Waals surface area contributed by atoms with Gasteiger partial charge in [-0.2, -0.15) is 0 Å². The van der Waals surface area contributed by atoms with Crippen LogP contribution in [0.15, 0.2) is 47.2 Å². The Morgan fingerprint density at radius 3 is 2.43 bits per heavy atom. The molecule has 0 fully saturated rings. The molecule has 0 unspecified atom stereocenters. The molecule has 0 spiro atoms. The third-order valence-electron chi connectivity index (χ3n) is 3.52. The zero-order valence-electron chi connectivity index (χ0n) is 13.5. The molecule has 1 aromatic rings. The Bertz CT molecular complexity index is 693. The van der Waals surface area contributed by atoms with E-state index < -0.39 is 16.8 Å². The van der Waals surface area contributed by atoms with Crippen LogP contribution in [0.2, 0.25) is 0 Å². The van der Waals surface area contributed by atoms with Gasteiger partial charge in [-0.3, -0.25) is 15.1 Å². The Kier molecular flexibility index (Phi) is 4.78. The van der Waals surface area contributed by atoms with Gasteiger partial charge in [0.1, 0.15) is 5.92 Å². The summed E-state index contributed by atoms with van der Waals surface area (Å²) in [6.07, 6.45) is 2.78. The number of nitrogens with zero attached hydrogens (tertiary/aromatic N) is 2. The fourth-order valence-electron chi connectivity index (χ4n) is 2.65. The summed E-state index contributed by atoms with van der Waals surface area (Å²) in [4.78, 5) is 27.5. The van der Waals surface area contributed by atoms with E-state index in [4.69, 9.17) is 4.74 Å².